The van der Waals surface area contributed by atoms with E-state index in [1.54, 1.807) is 0 Å². The topological polar surface area (TPSA) is 43.8 Å². The minimum atomic E-state index is 0.533. The molecule has 1 heterocycles. The zero-order chi connectivity index (χ0) is 14.1. The summed E-state index contributed by atoms with van der Waals surface area (Å²) in [5, 5.41) is 0. The predicted octanol–water partition coefficient (Wildman–Crippen LogP) is 4.16. The highest BCUT2D eigenvalue weighted by atomic mass is 127. The van der Waals surface area contributed by atoms with Gasteiger partial charge in [0.2, 0.25) is 5.95 Å². The number of nitrogen functional groups attached to an aromatic ring is 1. The Morgan fingerprint density at radius 3 is 2.60 bits per heavy atom. The molecule has 0 atom stereocenters. The Morgan fingerprint density at radius 1 is 1.15 bits per heavy atom. The van der Waals surface area contributed by atoms with Crippen molar-refractivity contribution in [2.24, 2.45) is 0 Å². The number of nitrogens with zero attached hydrogens (tertiary/aromatic N) is 2. The van der Waals surface area contributed by atoms with E-state index >= 15 is 0 Å². The molecule has 0 spiro atoms. The Hall–Kier alpha value is -1.56. The van der Waals surface area contributed by atoms with Gasteiger partial charge in [-0.1, -0.05) is 25.5 Å². The van der Waals surface area contributed by atoms with Crippen molar-refractivity contribution in [3.63, 3.8) is 0 Å². The number of halogens is 1. The molecule has 3 rings (SSSR count). The summed E-state index contributed by atoms with van der Waals surface area (Å²) in [6.45, 7) is 2.19. The van der Waals surface area contributed by atoms with Crippen LogP contribution >= 0.6 is 22.6 Å². The van der Waals surface area contributed by atoms with Gasteiger partial charge >= 0.3 is 0 Å². The number of hydrogen-bond donors (Lipinski definition) is 1. The molecule has 0 radical (unpaired) electrons. The molecule has 0 fully saturated rings. The van der Waals surface area contributed by atoms with E-state index < -0.39 is 0 Å². The summed E-state index contributed by atoms with van der Waals surface area (Å²) in [6, 6.07) is 14.7. The molecule has 0 amide bonds. The molecule has 0 bridgehead atoms. The van der Waals surface area contributed by atoms with Crippen LogP contribution in [0.25, 0.3) is 16.7 Å². The second-order valence-electron chi connectivity index (χ2n) is 4.85. The highest BCUT2D eigenvalue weighted by Crippen LogP contribution is 2.24. The summed E-state index contributed by atoms with van der Waals surface area (Å²) in [7, 11) is 0. The van der Waals surface area contributed by atoms with E-state index in [0.717, 1.165) is 33.1 Å². The molecule has 4 heteroatoms. The molecule has 20 heavy (non-hydrogen) atoms. The van der Waals surface area contributed by atoms with Gasteiger partial charge in [-0.25, -0.2) is 4.98 Å². The number of benzene rings is 2. The Bertz CT molecular complexity index is 744. The predicted molar refractivity (Wildman–Crippen MR) is 92.2 cm³/mol. The second-order valence-corrected chi connectivity index (χ2v) is 6.10. The number of aromatic nitrogens is 2. The zero-order valence-corrected chi connectivity index (χ0v) is 13.5. The van der Waals surface area contributed by atoms with Gasteiger partial charge in [0.05, 0.1) is 11.0 Å². The average molecular weight is 377 g/mol. The minimum Gasteiger partial charge on any atom is -0.369 e. The van der Waals surface area contributed by atoms with Crippen LogP contribution in [-0.2, 0) is 6.42 Å². The first-order valence-electron chi connectivity index (χ1n) is 6.72. The van der Waals surface area contributed by atoms with Gasteiger partial charge in [0.1, 0.15) is 0 Å². The molecule has 0 aliphatic carbocycles. The Balaban J connectivity index is 2.11. The smallest absolute Gasteiger partial charge is 0.205 e. The van der Waals surface area contributed by atoms with Crippen molar-refractivity contribution in [2.45, 2.75) is 19.8 Å². The average Bonchev–Trinajstić information content (AvgIpc) is 2.75. The van der Waals surface area contributed by atoms with E-state index in [1.165, 1.54) is 5.56 Å². The SMILES string of the molecule is CCCc1ccc(-n2c(N)nc3cc(I)ccc32)cc1. The van der Waals surface area contributed by atoms with E-state index in [4.69, 9.17) is 5.73 Å². The summed E-state index contributed by atoms with van der Waals surface area (Å²) >= 11 is 2.29. The van der Waals surface area contributed by atoms with Crippen molar-refractivity contribution in [3.05, 3.63) is 51.6 Å². The third-order valence-electron chi connectivity index (χ3n) is 3.38. The van der Waals surface area contributed by atoms with Crippen LogP contribution in [-0.4, -0.2) is 9.55 Å². The monoisotopic (exact) mass is 377 g/mol. The highest BCUT2D eigenvalue weighted by molar-refractivity contribution is 14.1. The lowest BCUT2D eigenvalue weighted by molar-refractivity contribution is 0.920. The van der Waals surface area contributed by atoms with Crippen molar-refractivity contribution in [1.29, 1.82) is 0 Å². The zero-order valence-electron chi connectivity index (χ0n) is 11.3. The summed E-state index contributed by atoms with van der Waals surface area (Å²) in [4.78, 5) is 4.45. The van der Waals surface area contributed by atoms with Crippen LogP contribution in [0.5, 0.6) is 0 Å². The van der Waals surface area contributed by atoms with Gasteiger partial charge in [0, 0.05) is 9.26 Å². The van der Waals surface area contributed by atoms with Gasteiger partial charge in [-0.15, -0.1) is 0 Å². The number of fused-ring (bicyclic) bond motifs is 1. The summed E-state index contributed by atoms with van der Waals surface area (Å²) in [6.07, 6.45) is 2.27. The molecule has 2 aromatic carbocycles. The fourth-order valence-electron chi connectivity index (χ4n) is 2.44. The Kier molecular flexibility index (Phi) is 3.65. The van der Waals surface area contributed by atoms with Crippen LogP contribution < -0.4 is 5.73 Å². The molecule has 0 saturated carbocycles. The van der Waals surface area contributed by atoms with Crippen LogP contribution in [0.4, 0.5) is 5.95 Å². The van der Waals surface area contributed by atoms with Gasteiger partial charge in [-0.2, -0.15) is 0 Å². The molecular formula is C16H16IN3. The highest BCUT2D eigenvalue weighted by Gasteiger charge is 2.10. The molecular weight excluding hydrogens is 361 g/mol. The summed E-state index contributed by atoms with van der Waals surface area (Å²) < 4.78 is 3.17. The van der Waals surface area contributed by atoms with Crippen molar-refractivity contribution in [3.8, 4) is 5.69 Å². The first kappa shape index (κ1) is 13.4. The van der Waals surface area contributed by atoms with E-state index in [-0.39, 0.29) is 0 Å². The quantitative estimate of drug-likeness (QED) is 0.697. The number of rotatable bonds is 3. The first-order valence-corrected chi connectivity index (χ1v) is 7.79. The molecule has 0 unspecified atom stereocenters. The third kappa shape index (κ3) is 2.40. The normalized spacial score (nSPS) is 11.1. The van der Waals surface area contributed by atoms with E-state index in [2.05, 4.69) is 70.9 Å². The summed E-state index contributed by atoms with van der Waals surface area (Å²) in [5.41, 5.74) is 10.5. The van der Waals surface area contributed by atoms with Crippen LogP contribution in [0, 0.1) is 3.57 Å². The standard InChI is InChI=1S/C16H16IN3/c1-2-3-11-4-7-13(8-5-11)20-15-9-6-12(17)10-14(15)19-16(20)18/h4-10H,2-3H2,1H3,(H2,18,19). The van der Waals surface area contributed by atoms with Crippen LogP contribution in [0.3, 0.4) is 0 Å². The molecule has 0 aliphatic heterocycles. The number of imidazole rings is 1. The molecule has 3 nitrogen and oxygen atoms in total. The van der Waals surface area contributed by atoms with Gasteiger partial charge in [0.15, 0.2) is 0 Å². The van der Waals surface area contributed by atoms with Crippen LogP contribution in [0.2, 0.25) is 0 Å². The van der Waals surface area contributed by atoms with Crippen LogP contribution in [0.1, 0.15) is 18.9 Å². The Morgan fingerprint density at radius 2 is 1.90 bits per heavy atom. The number of anilines is 1. The van der Waals surface area contributed by atoms with Crippen molar-refractivity contribution >= 4 is 39.6 Å². The van der Waals surface area contributed by atoms with Gasteiger partial charge in [0.25, 0.3) is 0 Å². The number of nitrogens with two attached hydrogens (primary N) is 1. The van der Waals surface area contributed by atoms with Gasteiger partial charge in [-0.3, -0.25) is 4.57 Å². The molecule has 0 aliphatic rings. The third-order valence-corrected chi connectivity index (χ3v) is 4.05. The van der Waals surface area contributed by atoms with Crippen molar-refractivity contribution < 1.29 is 0 Å². The fraction of sp³-hybridized carbons (Fsp3) is 0.188. The lowest BCUT2D eigenvalue weighted by Crippen LogP contribution is -2.00. The van der Waals surface area contributed by atoms with E-state index in [0.29, 0.717) is 5.95 Å². The number of hydrogen-bond acceptors (Lipinski definition) is 2. The van der Waals surface area contributed by atoms with Gasteiger partial charge < -0.3 is 5.73 Å². The molecule has 2 N–H and O–H groups in total. The van der Waals surface area contributed by atoms with E-state index in [9.17, 15) is 0 Å². The largest absolute Gasteiger partial charge is 0.369 e. The lowest BCUT2D eigenvalue weighted by atomic mass is 10.1. The molecule has 102 valence electrons. The van der Waals surface area contributed by atoms with Gasteiger partial charge in [-0.05, 0) is 64.9 Å². The summed E-state index contributed by atoms with van der Waals surface area (Å²) in [5.74, 6) is 0.533. The first-order chi connectivity index (χ1) is 9.69. The maximum absolute atomic E-state index is 6.08. The van der Waals surface area contributed by atoms with Crippen molar-refractivity contribution in [1.82, 2.24) is 9.55 Å². The molecule has 1 aromatic heterocycles. The second kappa shape index (κ2) is 5.44. The lowest BCUT2D eigenvalue weighted by Gasteiger charge is -2.07. The Labute approximate surface area is 132 Å². The van der Waals surface area contributed by atoms with Crippen LogP contribution in [0.15, 0.2) is 42.5 Å². The molecule has 3 aromatic rings. The van der Waals surface area contributed by atoms with E-state index in [1.807, 2.05) is 10.6 Å². The van der Waals surface area contributed by atoms with Crippen molar-refractivity contribution in [2.75, 3.05) is 5.73 Å². The molecule has 0 saturated heterocycles. The fourth-order valence-corrected chi connectivity index (χ4v) is 2.92. The minimum absolute atomic E-state index is 0.533. The maximum Gasteiger partial charge on any atom is 0.205 e. The number of aryl methyl sites for hydroxylation is 1. The maximum atomic E-state index is 6.08.